The predicted octanol–water partition coefficient (Wildman–Crippen LogP) is 0.977. The van der Waals surface area contributed by atoms with Crippen molar-refractivity contribution in [2.45, 2.75) is 6.92 Å². The fourth-order valence-corrected chi connectivity index (χ4v) is 1.54. The van der Waals surface area contributed by atoms with Gasteiger partial charge in [0.2, 0.25) is 0 Å². The summed E-state index contributed by atoms with van der Waals surface area (Å²) in [7, 11) is 3.12. The summed E-state index contributed by atoms with van der Waals surface area (Å²) in [5.74, 6) is 0.903. The van der Waals surface area contributed by atoms with E-state index in [1.54, 1.807) is 39.3 Å². The fourth-order valence-electron chi connectivity index (χ4n) is 1.54. The first-order chi connectivity index (χ1) is 9.15. The Hall–Kier alpha value is -2.57. The van der Waals surface area contributed by atoms with Crippen molar-refractivity contribution in [1.82, 2.24) is 5.43 Å². The number of hydrogen-bond donors (Lipinski definition) is 2. The average molecular weight is 262 g/mol. The van der Waals surface area contributed by atoms with Crippen molar-refractivity contribution in [3.8, 4) is 11.5 Å². The van der Waals surface area contributed by atoms with E-state index in [-0.39, 0.29) is 11.6 Å². The molecule has 1 aliphatic rings. The van der Waals surface area contributed by atoms with E-state index in [0.717, 1.165) is 0 Å². The highest BCUT2D eigenvalue weighted by atomic mass is 16.5. The minimum Gasteiger partial charge on any atom is -0.497 e. The number of hydrazone groups is 2. The number of amides is 1. The van der Waals surface area contributed by atoms with Gasteiger partial charge >= 0.3 is 0 Å². The molecular weight excluding hydrogens is 248 g/mol. The van der Waals surface area contributed by atoms with Gasteiger partial charge in [0.05, 0.1) is 25.6 Å². The first kappa shape index (κ1) is 12.9. The van der Waals surface area contributed by atoms with Crippen LogP contribution in [0.3, 0.4) is 0 Å². The molecule has 0 aliphatic carbocycles. The maximum atomic E-state index is 11.4. The van der Waals surface area contributed by atoms with Gasteiger partial charge < -0.3 is 9.47 Å². The molecule has 1 aliphatic heterocycles. The lowest BCUT2D eigenvalue weighted by Gasteiger charge is -2.09. The van der Waals surface area contributed by atoms with Crippen LogP contribution in [0.2, 0.25) is 0 Å². The van der Waals surface area contributed by atoms with Crippen molar-refractivity contribution in [3.05, 3.63) is 18.2 Å². The Morgan fingerprint density at radius 1 is 1.32 bits per heavy atom. The lowest BCUT2D eigenvalue weighted by molar-refractivity contribution is -0.114. The van der Waals surface area contributed by atoms with Crippen molar-refractivity contribution in [3.63, 3.8) is 0 Å². The number of carbonyl (C=O) groups is 1. The molecule has 0 bridgehead atoms. The molecule has 1 aromatic carbocycles. The van der Waals surface area contributed by atoms with Gasteiger partial charge in [0.1, 0.15) is 11.5 Å². The van der Waals surface area contributed by atoms with E-state index in [4.69, 9.17) is 9.47 Å². The van der Waals surface area contributed by atoms with Gasteiger partial charge in [0.25, 0.3) is 5.91 Å². The van der Waals surface area contributed by atoms with Gasteiger partial charge in [-0.05, 0) is 19.1 Å². The highest BCUT2D eigenvalue weighted by Crippen LogP contribution is 2.28. The van der Waals surface area contributed by atoms with E-state index in [0.29, 0.717) is 22.9 Å². The summed E-state index contributed by atoms with van der Waals surface area (Å²) >= 11 is 0. The summed E-state index contributed by atoms with van der Waals surface area (Å²) in [5, 5.41) is 7.80. The number of hydrogen-bond acceptors (Lipinski definition) is 6. The molecule has 100 valence electrons. The Bertz CT molecular complexity index is 566. The molecule has 0 spiro atoms. The number of ether oxygens (including phenoxy) is 2. The predicted molar refractivity (Wildman–Crippen MR) is 71.9 cm³/mol. The second-order valence-corrected chi connectivity index (χ2v) is 3.78. The summed E-state index contributed by atoms with van der Waals surface area (Å²) in [6.07, 6.45) is 0. The standard InChI is InChI=1S/C12H14N4O3/c1-7-11(12(17)16-13-7)15-14-9-5-4-8(18-2)6-10(9)19-3/h4-6,14H,1-3H3,(H,15,16,17). The third-order valence-electron chi connectivity index (χ3n) is 2.58. The first-order valence-electron chi connectivity index (χ1n) is 5.56. The maximum absolute atomic E-state index is 11.4. The number of methoxy groups -OCH3 is 2. The fraction of sp³-hybridized carbons (Fsp3) is 0.250. The average Bonchev–Trinajstić information content (AvgIpc) is 2.75. The highest BCUT2D eigenvalue weighted by molar-refractivity contribution is 6.68. The largest absolute Gasteiger partial charge is 0.497 e. The Balaban J connectivity index is 2.22. The Morgan fingerprint density at radius 3 is 2.68 bits per heavy atom. The minimum absolute atomic E-state index is 0.248. The van der Waals surface area contributed by atoms with Crippen molar-refractivity contribution in [2.24, 2.45) is 10.2 Å². The Labute approximate surface area is 110 Å². The van der Waals surface area contributed by atoms with Crippen molar-refractivity contribution < 1.29 is 14.3 Å². The number of anilines is 1. The summed E-state index contributed by atoms with van der Waals surface area (Å²) in [5.41, 5.74) is 6.52. The van der Waals surface area contributed by atoms with E-state index >= 15 is 0 Å². The maximum Gasteiger partial charge on any atom is 0.293 e. The molecular formula is C12H14N4O3. The smallest absolute Gasteiger partial charge is 0.293 e. The van der Waals surface area contributed by atoms with E-state index in [1.165, 1.54) is 0 Å². The zero-order chi connectivity index (χ0) is 13.8. The van der Waals surface area contributed by atoms with Crippen molar-refractivity contribution in [1.29, 1.82) is 0 Å². The topological polar surface area (TPSA) is 84.3 Å². The van der Waals surface area contributed by atoms with E-state index in [1.807, 2.05) is 0 Å². The monoisotopic (exact) mass is 262 g/mol. The summed E-state index contributed by atoms with van der Waals surface area (Å²) in [6, 6.07) is 5.24. The van der Waals surface area contributed by atoms with Crippen molar-refractivity contribution >= 4 is 23.0 Å². The lowest BCUT2D eigenvalue weighted by Crippen LogP contribution is -2.23. The second-order valence-electron chi connectivity index (χ2n) is 3.78. The normalized spacial score (nSPS) is 16.1. The van der Waals surface area contributed by atoms with Gasteiger partial charge in [0, 0.05) is 6.07 Å². The molecule has 19 heavy (non-hydrogen) atoms. The van der Waals surface area contributed by atoms with Gasteiger partial charge in [-0.25, -0.2) is 5.43 Å². The third-order valence-corrected chi connectivity index (χ3v) is 2.58. The van der Waals surface area contributed by atoms with Crippen LogP contribution in [-0.4, -0.2) is 31.6 Å². The van der Waals surface area contributed by atoms with Gasteiger partial charge in [-0.2, -0.15) is 10.2 Å². The molecule has 0 saturated carbocycles. The van der Waals surface area contributed by atoms with Crippen LogP contribution in [0.15, 0.2) is 28.4 Å². The van der Waals surface area contributed by atoms with Gasteiger partial charge in [-0.15, -0.1) is 0 Å². The van der Waals surface area contributed by atoms with Gasteiger partial charge in [-0.1, -0.05) is 0 Å². The molecule has 2 rings (SSSR count). The number of nitrogens with zero attached hydrogens (tertiary/aromatic N) is 2. The van der Waals surface area contributed by atoms with Crippen LogP contribution < -0.4 is 20.3 Å². The SMILES string of the molecule is COc1ccc(N/N=C2/C(=O)NN=C2C)c(OC)c1. The van der Waals surface area contributed by atoms with Crippen LogP contribution in [0.1, 0.15) is 6.92 Å². The summed E-state index contributed by atoms with van der Waals surface area (Å²) in [4.78, 5) is 11.4. The minimum atomic E-state index is -0.336. The van der Waals surface area contributed by atoms with E-state index < -0.39 is 0 Å². The second kappa shape index (κ2) is 5.38. The molecule has 0 saturated heterocycles. The molecule has 1 aromatic rings. The van der Waals surface area contributed by atoms with Crippen LogP contribution >= 0.6 is 0 Å². The quantitative estimate of drug-likeness (QED) is 0.792. The molecule has 7 nitrogen and oxygen atoms in total. The molecule has 7 heteroatoms. The molecule has 0 atom stereocenters. The molecule has 0 unspecified atom stereocenters. The molecule has 0 aromatic heterocycles. The van der Waals surface area contributed by atoms with E-state index in [2.05, 4.69) is 21.1 Å². The molecule has 1 heterocycles. The zero-order valence-electron chi connectivity index (χ0n) is 10.9. The van der Waals surface area contributed by atoms with Crippen molar-refractivity contribution in [2.75, 3.05) is 19.6 Å². The lowest BCUT2D eigenvalue weighted by atomic mass is 10.2. The molecule has 2 N–H and O–H groups in total. The number of carbonyl (C=O) groups excluding carboxylic acids is 1. The Kier molecular flexibility index (Phi) is 3.65. The molecule has 0 fully saturated rings. The third kappa shape index (κ3) is 2.65. The van der Waals surface area contributed by atoms with Gasteiger partial charge in [-0.3, -0.25) is 10.2 Å². The number of nitrogens with one attached hydrogen (secondary N) is 2. The number of rotatable bonds is 4. The van der Waals surface area contributed by atoms with Crippen LogP contribution in [0.25, 0.3) is 0 Å². The van der Waals surface area contributed by atoms with Crippen LogP contribution in [-0.2, 0) is 4.79 Å². The Morgan fingerprint density at radius 2 is 2.11 bits per heavy atom. The van der Waals surface area contributed by atoms with Crippen LogP contribution in [0.5, 0.6) is 11.5 Å². The van der Waals surface area contributed by atoms with E-state index in [9.17, 15) is 4.79 Å². The summed E-state index contributed by atoms with van der Waals surface area (Å²) in [6.45, 7) is 1.70. The van der Waals surface area contributed by atoms with Crippen LogP contribution in [0, 0.1) is 0 Å². The molecule has 0 radical (unpaired) electrons. The number of benzene rings is 1. The molecule has 1 amide bonds. The van der Waals surface area contributed by atoms with Gasteiger partial charge in [0.15, 0.2) is 5.71 Å². The summed E-state index contributed by atoms with van der Waals surface area (Å²) < 4.78 is 10.3. The first-order valence-corrected chi connectivity index (χ1v) is 5.56. The highest BCUT2D eigenvalue weighted by Gasteiger charge is 2.21. The zero-order valence-corrected chi connectivity index (χ0v) is 10.9. The van der Waals surface area contributed by atoms with Crippen LogP contribution in [0.4, 0.5) is 5.69 Å².